The monoisotopic (exact) mass is 662 g/mol. The second-order valence-electron chi connectivity index (χ2n) is 11.6. The molecule has 1 fully saturated rings. The van der Waals surface area contributed by atoms with Crippen molar-refractivity contribution in [3.63, 3.8) is 0 Å². The van der Waals surface area contributed by atoms with E-state index < -0.39 is 22.0 Å². The van der Waals surface area contributed by atoms with Crippen molar-refractivity contribution in [1.29, 1.82) is 0 Å². The van der Waals surface area contributed by atoms with Crippen molar-refractivity contribution in [1.82, 2.24) is 14.6 Å². The number of thiazole rings is 1. The van der Waals surface area contributed by atoms with Crippen LogP contribution in [-0.4, -0.2) is 79.6 Å². The topological polar surface area (TPSA) is 129 Å². The van der Waals surface area contributed by atoms with Gasteiger partial charge in [-0.25, -0.2) is 13.4 Å². The van der Waals surface area contributed by atoms with Crippen LogP contribution in [0.3, 0.4) is 0 Å². The molecule has 1 amide bonds. The maximum Gasteiger partial charge on any atom is 0.303 e. The van der Waals surface area contributed by atoms with Crippen LogP contribution in [0.25, 0.3) is 10.2 Å². The van der Waals surface area contributed by atoms with Crippen LogP contribution in [0.2, 0.25) is 0 Å². The van der Waals surface area contributed by atoms with Gasteiger partial charge in [0, 0.05) is 32.5 Å². The molecule has 2 aromatic carbocycles. The van der Waals surface area contributed by atoms with Crippen LogP contribution in [0.5, 0.6) is 0 Å². The van der Waals surface area contributed by atoms with E-state index in [2.05, 4.69) is 15.0 Å². The number of thioether (sulfide) groups is 1. The SMILES string of the molecule is CSC[C@@H]1CNc2c(cc(CCC(=O)O)cc2S(=O)(=O)N[C@@H](Cc2nc3ccccc3s2)C(=O)N2CCC(CCF)CC2)C1. The van der Waals surface area contributed by atoms with Gasteiger partial charge in [0.05, 0.1) is 27.6 Å². The highest BCUT2D eigenvalue weighted by molar-refractivity contribution is 7.98. The van der Waals surface area contributed by atoms with Crippen molar-refractivity contribution < 1.29 is 27.5 Å². The number of likely N-dealkylation sites (tertiary alicyclic amines) is 1. The maximum atomic E-state index is 14.2. The largest absolute Gasteiger partial charge is 0.481 e. The predicted molar refractivity (Wildman–Crippen MR) is 174 cm³/mol. The number of aryl methyl sites for hydroxylation is 1. The normalized spacial score (nSPS) is 18.1. The van der Waals surface area contributed by atoms with Gasteiger partial charge in [-0.1, -0.05) is 18.2 Å². The Morgan fingerprint density at radius 1 is 1.23 bits per heavy atom. The average Bonchev–Trinajstić information content (AvgIpc) is 3.42. The number of fused-ring (bicyclic) bond motifs is 2. The molecular weight excluding hydrogens is 624 g/mol. The molecular formula is C31H39FN4O5S3. The minimum absolute atomic E-state index is 0.0294. The van der Waals surface area contributed by atoms with Gasteiger partial charge in [-0.3, -0.25) is 14.0 Å². The number of hydrogen-bond acceptors (Lipinski definition) is 8. The van der Waals surface area contributed by atoms with Crippen molar-refractivity contribution in [3.05, 3.63) is 52.5 Å². The number of benzene rings is 2. The standard InChI is InChI=1S/C31H39FN4O5S3/c1-42-19-22-15-23-14-21(6-7-29(37)38)16-27(30(23)33-18-22)44(40,41)35-25(17-28-34-24-4-2-3-5-26(24)43-28)31(39)36-12-9-20(8-11-32)10-13-36/h2-5,14,16,20,22,25,33,35H,6-13,15,17-19H2,1H3,(H,37,38)/t22-,25-/m0/s1. The molecule has 0 saturated carbocycles. The van der Waals surface area contributed by atoms with Crippen LogP contribution in [0.15, 0.2) is 41.3 Å². The van der Waals surface area contributed by atoms with Crippen LogP contribution in [0.1, 0.15) is 41.8 Å². The summed E-state index contributed by atoms with van der Waals surface area (Å²) < 4.78 is 45.0. The number of carboxylic acid groups (broad SMARTS) is 1. The molecule has 0 unspecified atom stereocenters. The summed E-state index contributed by atoms with van der Waals surface area (Å²) in [6, 6.07) is 9.97. The molecule has 44 heavy (non-hydrogen) atoms. The zero-order chi connectivity index (χ0) is 31.3. The molecule has 1 aromatic heterocycles. The van der Waals surface area contributed by atoms with Crippen LogP contribution >= 0.6 is 23.1 Å². The highest BCUT2D eigenvalue weighted by Crippen LogP contribution is 2.35. The molecule has 3 heterocycles. The smallest absolute Gasteiger partial charge is 0.303 e. The van der Waals surface area contributed by atoms with Crippen LogP contribution in [-0.2, 0) is 38.9 Å². The minimum Gasteiger partial charge on any atom is -0.481 e. The molecule has 2 atom stereocenters. The molecule has 0 spiro atoms. The second kappa shape index (κ2) is 14.6. The van der Waals surface area contributed by atoms with E-state index in [0.717, 1.165) is 21.5 Å². The van der Waals surface area contributed by atoms with Gasteiger partial charge in [-0.2, -0.15) is 16.5 Å². The molecule has 9 nitrogen and oxygen atoms in total. The first-order valence-corrected chi connectivity index (χ1v) is 18.7. The minimum atomic E-state index is -4.23. The lowest BCUT2D eigenvalue weighted by Crippen LogP contribution is -2.51. The van der Waals surface area contributed by atoms with Gasteiger partial charge >= 0.3 is 5.97 Å². The number of nitrogens with zero attached hydrogens (tertiary/aromatic N) is 2. The van der Waals surface area contributed by atoms with Crippen LogP contribution < -0.4 is 10.0 Å². The number of carboxylic acids is 1. The van der Waals surface area contributed by atoms with E-state index in [9.17, 15) is 27.5 Å². The number of anilines is 1. The Morgan fingerprint density at radius 3 is 2.70 bits per heavy atom. The van der Waals surface area contributed by atoms with Crippen molar-refractivity contribution in [3.8, 4) is 0 Å². The summed E-state index contributed by atoms with van der Waals surface area (Å²) in [5, 5.41) is 13.3. The lowest BCUT2D eigenvalue weighted by atomic mass is 9.93. The highest BCUT2D eigenvalue weighted by Gasteiger charge is 2.35. The first-order chi connectivity index (χ1) is 21.2. The fourth-order valence-corrected chi connectivity index (χ4v) is 9.30. The number of sulfonamides is 1. The lowest BCUT2D eigenvalue weighted by molar-refractivity contribution is -0.137. The molecule has 1 saturated heterocycles. The van der Waals surface area contributed by atoms with Gasteiger partial charge in [0.1, 0.15) is 10.9 Å². The van der Waals surface area contributed by atoms with Crippen molar-refractivity contribution >= 4 is 60.9 Å². The average molecular weight is 663 g/mol. The van der Waals surface area contributed by atoms with E-state index in [1.807, 2.05) is 36.6 Å². The van der Waals surface area contributed by atoms with E-state index in [0.29, 0.717) is 67.5 Å². The summed E-state index contributed by atoms with van der Waals surface area (Å²) in [4.78, 5) is 31.7. The number of piperidine rings is 1. The van der Waals surface area contributed by atoms with Crippen molar-refractivity contribution in [2.45, 2.75) is 55.9 Å². The number of rotatable bonds is 13. The molecule has 3 N–H and O–H groups in total. The van der Waals surface area contributed by atoms with Crippen LogP contribution in [0.4, 0.5) is 10.1 Å². The van der Waals surface area contributed by atoms with Gasteiger partial charge in [-0.05, 0) is 85.3 Å². The summed E-state index contributed by atoms with van der Waals surface area (Å²) in [6.45, 7) is 1.12. The molecule has 13 heteroatoms. The Morgan fingerprint density at radius 2 is 2.00 bits per heavy atom. The first-order valence-electron chi connectivity index (χ1n) is 15.0. The van der Waals surface area contributed by atoms with Gasteiger partial charge in [-0.15, -0.1) is 11.3 Å². The first kappa shape index (κ1) is 32.6. The fourth-order valence-electron chi connectivity index (χ4n) is 6.12. The lowest BCUT2D eigenvalue weighted by Gasteiger charge is -2.34. The third-order valence-electron chi connectivity index (χ3n) is 8.40. The Bertz CT molecular complexity index is 1560. The van der Waals surface area contributed by atoms with Crippen molar-refractivity contribution in [2.24, 2.45) is 11.8 Å². The Labute approximate surface area is 266 Å². The summed E-state index contributed by atoms with van der Waals surface area (Å²) in [5.41, 5.74) is 2.76. The molecule has 0 bridgehead atoms. The maximum absolute atomic E-state index is 14.2. The third kappa shape index (κ3) is 7.91. The van der Waals surface area contributed by atoms with E-state index in [1.165, 1.54) is 17.4 Å². The summed E-state index contributed by atoms with van der Waals surface area (Å²) in [7, 11) is -4.23. The zero-order valence-electron chi connectivity index (χ0n) is 24.8. The highest BCUT2D eigenvalue weighted by atomic mass is 32.2. The molecule has 5 rings (SSSR count). The number of amides is 1. The molecule has 2 aliphatic heterocycles. The second-order valence-corrected chi connectivity index (χ2v) is 15.3. The number of aliphatic carboxylic acids is 1. The third-order valence-corrected chi connectivity index (χ3v) is 11.8. The quantitative estimate of drug-likeness (QED) is 0.239. The number of halogens is 1. The number of carbonyl (C=O) groups is 2. The molecule has 2 aliphatic rings. The Balaban J connectivity index is 1.46. The Hall–Kier alpha value is -2.74. The number of alkyl halides is 1. The van der Waals surface area contributed by atoms with E-state index >= 15 is 0 Å². The Kier molecular flexibility index (Phi) is 10.8. The zero-order valence-corrected chi connectivity index (χ0v) is 27.2. The van der Waals surface area contributed by atoms with Gasteiger partial charge < -0.3 is 15.3 Å². The number of aromatic nitrogens is 1. The van der Waals surface area contributed by atoms with Crippen LogP contribution in [0, 0.1) is 11.8 Å². The van der Waals surface area contributed by atoms with Gasteiger partial charge in [0.15, 0.2) is 0 Å². The predicted octanol–water partition coefficient (Wildman–Crippen LogP) is 4.75. The molecule has 0 radical (unpaired) electrons. The van der Waals surface area contributed by atoms with E-state index in [-0.39, 0.29) is 42.7 Å². The van der Waals surface area contributed by atoms with E-state index in [4.69, 9.17) is 0 Å². The summed E-state index contributed by atoms with van der Waals surface area (Å²) in [6.07, 6.45) is 4.70. The molecule has 3 aromatic rings. The fraction of sp³-hybridized carbons (Fsp3) is 0.516. The number of nitrogens with one attached hydrogen (secondary N) is 2. The summed E-state index contributed by atoms with van der Waals surface area (Å²) >= 11 is 3.16. The van der Waals surface area contributed by atoms with Crippen molar-refractivity contribution in [2.75, 3.05) is 43.6 Å². The molecule has 0 aliphatic carbocycles. The van der Waals surface area contributed by atoms with Gasteiger partial charge in [0.25, 0.3) is 0 Å². The molecule has 238 valence electrons. The number of para-hydroxylation sites is 1. The summed E-state index contributed by atoms with van der Waals surface area (Å²) in [5.74, 6) is 0.150. The number of hydrogen-bond donors (Lipinski definition) is 3. The van der Waals surface area contributed by atoms with E-state index in [1.54, 1.807) is 16.7 Å². The van der Waals surface area contributed by atoms with Gasteiger partial charge in [0.2, 0.25) is 15.9 Å². The number of carbonyl (C=O) groups excluding carboxylic acids is 1.